The molecule has 2 rings (SSSR count). The lowest BCUT2D eigenvalue weighted by Crippen LogP contribution is -2.28. The highest BCUT2D eigenvalue weighted by molar-refractivity contribution is 6.35. The Bertz CT molecular complexity index is 348. The van der Waals surface area contributed by atoms with Crippen LogP contribution in [-0.2, 0) is 0 Å². The van der Waals surface area contributed by atoms with Crippen LogP contribution in [0.15, 0.2) is 18.2 Å². The normalized spacial score (nSPS) is 21.9. The molecule has 1 unspecified atom stereocenters. The number of halogens is 2. The fourth-order valence-corrected chi connectivity index (χ4v) is 2.50. The maximum absolute atomic E-state index is 6.01. The lowest BCUT2D eigenvalue weighted by molar-refractivity contribution is 0.566. The van der Waals surface area contributed by atoms with E-state index in [4.69, 9.17) is 23.2 Å². The zero-order valence-corrected chi connectivity index (χ0v) is 10.9. The summed E-state index contributed by atoms with van der Waals surface area (Å²) in [7, 11) is 0. The van der Waals surface area contributed by atoms with E-state index in [1.165, 1.54) is 0 Å². The van der Waals surface area contributed by atoms with Crippen molar-refractivity contribution in [3.05, 3.63) is 28.2 Å². The predicted octanol–water partition coefficient (Wildman–Crippen LogP) is 3.18. The fourth-order valence-electron chi connectivity index (χ4n) is 1.99. The van der Waals surface area contributed by atoms with Crippen LogP contribution in [0.4, 0.5) is 5.69 Å². The molecule has 1 aliphatic heterocycles. The van der Waals surface area contributed by atoms with E-state index in [2.05, 4.69) is 17.1 Å². The van der Waals surface area contributed by atoms with E-state index in [0.717, 1.165) is 31.7 Å². The number of hydrogen-bond donors (Lipinski definition) is 1. The first kappa shape index (κ1) is 12.0. The molecule has 0 amide bonds. The summed E-state index contributed by atoms with van der Waals surface area (Å²) in [5.41, 5.74) is 1.12. The SMILES string of the molecule is CC1CCN(c2cc(Cl)cc(Cl)c2)CCN1. The number of rotatable bonds is 1. The van der Waals surface area contributed by atoms with Gasteiger partial charge in [0.05, 0.1) is 0 Å². The summed E-state index contributed by atoms with van der Waals surface area (Å²) < 4.78 is 0. The Morgan fingerprint density at radius 3 is 2.56 bits per heavy atom. The Morgan fingerprint density at radius 1 is 1.19 bits per heavy atom. The molecule has 2 nitrogen and oxygen atoms in total. The summed E-state index contributed by atoms with van der Waals surface area (Å²) >= 11 is 12.0. The fraction of sp³-hybridized carbons (Fsp3) is 0.500. The van der Waals surface area contributed by atoms with Crippen LogP contribution < -0.4 is 10.2 Å². The summed E-state index contributed by atoms with van der Waals surface area (Å²) in [5, 5.41) is 4.87. The van der Waals surface area contributed by atoms with Crippen LogP contribution in [0, 0.1) is 0 Å². The highest BCUT2D eigenvalue weighted by Gasteiger charge is 2.14. The van der Waals surface area contributed by atoms with Crippen molar-refractivity contribution >= 4 is 28.9 Å². The minimum atomic E-state index is 0.583. The largest absolute Gasteiger partial charge is 0.370 e. The number of nitrogens with one attached hydrogen (secondary N) is 1. The zero-order chi connectivity index (χ0) is 11.5. The highest BCUT2D eigenvalue weighted by Crippen LogP contribution is 2.26. The second kappa shape index (κ2) is 5.26. The van der Waals surface area contributed by atoms with Crippen LogP contribution in [0.25, 0.3) is 0 Å². The maximum Gasteiger partial charge on any atom is 0.0441 e. The van der Waals surface area contributed by atoms with Gasteiger partial charge in [-0.1, -0.05) is 23.2 Å². The van der Waals surface area contributed by atoms with Crippen molar-refractivity contribution in [1.82, 2.24) is 5.32 Å². The number of hydrogen-bond acceptors (Lipinski definition) is 2. The summed E-state index contributed by atoms with van der Waals surface area (Å²) in [6.45, 7) is 5.27. The van der Waals surface area contributed by atoms with Gasteiger partial charge in [0, 0.05) is 41.4 Å². The van der Waals surface area contributed by atoms with E-state index >= 15 is 0 Å². The summed E-state index contributed by atoms with van der Waals surface area (Å²) in [4.78, 5) is 2.33. The molecule has 0 aromatic heterocycles. The molecule has 88 valence electrons. The Morgan fingerprint density at radius 2 is 1.88 bits per heavy atom. The molecule has 0 bridgehead atoms. The van der Waals surface area contributed by atoms with Gasteiger partial charge in [-0.05, 0) is 31.5 Å². The predicted molar refractivity (Wildman–Crippen MR) is 70.8 cm³/mol. The lowest BCUT2D eigenvalue weighted by Gasteiger charge is -2.22. The van der Waals surface area contributed by atoms with Gasteiger partial charge < -0.3 is 10.2 Å². The van der Waals surface area contributed by atoms with Crippen molar-refractivity contribution in [2.24, 2.45) is 0 Å². The third-order valence-corrected chi connectivity index (χ3v) is 3.36. The molecule has 1 aromatic carbocycles. The molecule has 0 aliphatic carbocycles. The standard InChI is InChI=1S/C12H16Cl2N2/c1-9-2-4-16(5-3-15-9)12-7-10(13)6-11(14)8-12/h6-9,15H,2-5H2,1H3. The van der Waals surface area contributed by atoms with Gasteiger partial charge >= 0.3 is 0 Å². The summed E-state index contributed by atoms with van der Waals surface area (Å²) in [5.74, 6) is 0. The third kappa shape index (κ3) is 3.03. The van der Waals surface area contributed by atoms with Crippen molar-refractivity contribution in [2.75, 3.05) is 24.5 Å². The van der Waals surface area contributed by atoms with Gasteiger partial charge in [-0.25, -0.2) is 0 Å². The van der Waals surface area contributed by atoms with Gasteiger partial charge in [-0.2, -0.15) is 0 Å². The van der Waals surface area contributed by atoms with E-state index in [0.29, 0.717) is 16.1 Å². The Balaban J connectivity index is 2.16. The van der Waals surface area contributed by atoms with Crippen LogP contribution >= 0.6 is 23.2 Å². The smallest absolute Gasteiger partial charge is 0.0441 e. The van der Waals surface area contributed by atoms with Crippen molar-refractivity contribution in [3.8, 4) is 0 Å². The molecule has 0 radical (unpaired) electrons. The average Bonchev–Trinajstić information content (AvgIpc) is 2.41. The molecular formula is C12H16Cl2N2. The Hall–Kier alpha value is -0.440. The monoisotopic (exact) mass is 258 g/mol. The first-order chi connectivity index (χ1) is 7.65. The molecule has 1 fully saturated rings. The average molecular weight is 259 g/mol. The first-order valence-electron chi connectivity index (χ1n) is 5.59. The number of benzene rings is 1. The van der Waals surface area contributed by atoms with Gasteiger partial charge in [0.15, 0.2) is 0 Å². The highest BCUT2D eigenvalue weighted by atomic mass is 35.5. The van der Waals surface area contributed by atoms with Gasteiger partial charge in [0.1, 0.15) is 0 Å². The number of nitrogens with zero attached hydrogens (tertiary/aromatic N) is 1. The van der Waals surface area contributed by atoms with Crippen molar-refractivity contribution in [2.45, 2.75) is 19.4 Å². The van der Waals surface area contributed by atoms with Gasteiger partial charge in [0.25, 0.3) is 0 Å². The van der Waals surface area contributed by atoms with Gasteiger partial charge in [-0.3, -0.25) is 0 Å². The van der Waals surface area contributed by atoms with E-state index in [-0.39, 0.29) is 0 Å². The van der Waals surface area contributed by atoms with E-state index in [1.54, 1.807) is 6.07 Å². The topological polar surface area (TPSA) is 15.3 Å². The quantitative estimate of drug-likeness (QED) is 0.833. The van der Waals surface area contributed by atoms with Crippen LogP contribution in [0.2, 0.25) is 10.0 Å². The second-order valence-corrected chi connectivity index (χ2v) is 5.13. The van der Waals surface area contributed by atoms with Crippen LogP contribution in [-0.4, -0.2) is 25.7 Å². The number of anilines is 1. The minimum Gasteiger partial charge on any atom is -0.370 e. The Kier molecular flexibility index (Phi) is 3.95. The van der Waals surface area contributed by atoms with Crippen LogP contribution in [0.1, 0.15) is 13.3 Å². The molecule has 16 heavy (non-hydrogen) atoms. The first-order valence-corrected chi connectivity index (χ1v) is 6.35. The van der Waals surface area contributed by atoms with Gasteiger partial charge in [-0.15, -0.1) is 0 Å². The molecule has 1 N–H and O–H groups in total. The van der Waals surface area contributed by atoms with Crippen molar-refractivity contribution in [3.63, 3.8) is 0 Å². The van der Waals surface area contributed by atoms with E-state index < -0.39 is 0 Å². The lowest BCUT2D eigenvalue weighted by atomic mass is 10.2. The maximum atomic E-state index is 6.01. The third-order valence-electron chi connectivity index (χ3n) is 2.92. The molecular weight excluding hydrogens is 243 g/mol. The Labute approximate surface area is 107 Å². The second-order valence-electron chi connectivity index (χ2n) is 4.26. The van der Waals surface area contributed by atoms with Crippen LogP contribution in [0.3, 0.4) is 0 Å². The molecule has 0 spiro atoms. The molecule has 1 saturated heterocycles. The van der Waals surface area contributed by atoms with Crippen molar-refractivity contribution < 1.29 is 0 Å². The molecule has 1 aromatic rings. The van der Waals surface area contributed by atoms with Crippen molar-refractivity contribution in [1.29, 1.82) is 0 Å². The van der Waals surface area contributed by atoms with E-state index in [1.807, 2.05) is 12.1 Å². The minimum absolute atomic E-state index is 0.583. The summed E-state index contributed by atoms with van der Waals surface area (Å²) in [6, 6.07) is 6.30. The molecule has 1 aliphatic rings. The molecule has 4 heteroatoms. The molecule has 0 saturated carbocycles. The van der Waals surface area contributed by atoms with E-state index in [9.17, 15) is 0 Å². The molecule has 1 heterocycles. The zero-order valence-electron chi connectivity index (χ0n) is 9.34. The van der Waals surface area contributed by atoms with Crippen LogP contribution in [0.5, 0.6) is 0 Å². The van der Waals surface area contributed by atoms with Gasteiger partial charge in [0.2, 0.25) is 0 Å². The molecule has 1 atom stereocenters. The summed E-state index contributed by atoms with van der Waals surface area (Å²) in [6.07, 6.45) is 1.14.